The molecule has 0 unspecified atom stereocenters. The molecule has 1 nitrogen and oxygen atoms in total. The molecule has 13 heavy (non-hydrogen) atoms. The summed E-state index contributed by atoms with van der Waals surface area (Å²) in [5.41, 5.74) is 0.951. The van der Waals surface area contributed by atoms with Crippen LogP contribution in [0.15, 0.2) is 37.0 Å². The van der Waals surface area contributed by atoms with Crippen LogP contribution >= 0.6 is 31.9 Å². The van der Waals surface area contributed by atoms with E-state index < -0.39 is 0 Å². The molecular formula is C10H14Br2O. The SMILES string of the molecule is C=C/C=C\C(=C)COC(CBr)CBr. The van der Waals surface area contributed by atoms with Crippen LogP contribution in [0.5, 0.6) is 0 Å². The fraction of sp³-hybridized carbons (Fsp3) is 0.400. The van der Waals surface area contributed by atoms with Gasteiger partial charge in [0.25, 0.3) is 0 Å². The minimum absolute atomic E-state index is 0.203. The highest BCUT2D eigenvalue weighted by Crippen LogP contribution is 2.04. The molecule has 0 aliphatic carbocycles. The number of ether oxygens (including phenoxy) is 1. The van der Waals surface area contributed by atoms with Crippen LogP contribution < -0.4 is 0 Å². The highest BCUT2D eigenvalue weighted by molar-refractivity contribution is 9.09. The van der Waals surface area contributed by atoms with E-state index in [9.17, 15) is 0 Å². The van der Waals surface area contributed by atoms with Gasteiger partial charge in [-0.1, -0.05) is 63.2 Å². The summed E-state index contributed by atoms with van der Waals surface area (Å²) in [4.78, 5) is 0. The van der Waals surface area contributed by atoms with Gasteiger partial charge in [-0.05, 0) is 5.57 Å². The zero-order valence-corrected chi connectivity index (χ0v) is 10.7. The standard InChI is InChI=1S/C10H14Br2O/c1-3-4-5-9(2)8-13-10(6-11)7-12/h3-5,10H,1-2,6-8H2/b5-4-. The minimum Gasteiger partial charge on any atom is -0.372 e. The summed E-state index contributed by atoms with van der Waals surface area (Å²) in [5.74, 6) is 0. The van der Waals surface area contributed by atoms with Crippen LogP contribution in [0.4, 0.5) is 0 Å². The van der Waals surface area contributed by atoms with E-state index in [-0.39, 0.29) is 6.10 Å². The highest BCUT2D eigenvalue weighted by atomic mass is 79.9. The third-order valence-corrected chi connectivity index (χ3v) is 2.76. The Labute approximate surface area is 96.8 Å². The second-order valence-electron chi connectivity index (χ2n) is 2.49. The molecule has 0 radical (unpaired) electrons. The first-order chi connectivity index (χ1) is 6.24. The maximum atomic E-state index is 5.52. The smallest absolute Gasteiger partial charge is 0.0773 e. The van der Waals surface area contributed by atoms with Crippen molar-refractivity contribution in [2.45, 2.75) is 6.10 Å². The highest BCUT2D eigenvalue weighted by Gasteiger charge is 2.04. The van der Waals surface area contributed by atoms with Crippen molar-refractivity contribution in [1.29, 1.82) is 0 Å². The van der Waals surface area contributed by atoms with E-state index >= 15 is 0 Å². The molecule has 0 heterocycles. The molecule has 0 atom stereocenters. The summed E-state index contributed by atoms with van der Waals surface area (Å²) in [5, 5.41) is 1.66. The van der Waals surface area contributed by atoms with Crippen LogP contribution in [-0.4, -0.2) is 23.4 Å². The average Bonchev–Trinajstić information content (AvgIpc) is 2.16. The lowest BCUT2D eigenvalue weighted by atomic mass is 10.3. The largest absolute Gasteiger partial charge is 0.372 e. The van der Waals surface area contributed by atoms with Crippen molar-refractivity contribution in [3.05, 3.63) is 37.0 Å². The van der Waals surface area contributed by atoms with Crippen LogP contribution in [-0.2, 0) is 4.74 Å². The molecule has 0 saturated carbocycles. The molecule has 0 aliphatic heterocycles. The number of halogens is 2. The van der Waals surface area contributed by atoms with Gasteiger partial charge in [-0.3, -0.25) is 0 Å². The normalized spacial score (nSPS) is 11.0. The molecule has 0 aromatic rings. The third-order valence-electron chi connectivity index (χ3n) is 1.32. The maximum absolute atomic E-state index is 5.52. The van der Waals surface area contributed by atoms with E-state index in [1.807, 2.05) is 12.2 Å². The fourth-order valence-corrected chi connectivity index (χ4v) is 2.05. The van der Waals surface area contributed by atoms with E-state index in [0.29, 0.717) is 6.61 Å². The first-order valence-corrected chi connectivity index (χ1v) is 6.19. The molecule has 3 heteroatoms. The number of hydrogen-bond acceptors (Lipinski definition) is 1. The molecule has 0 aliphatic rings. The zero-order chi connectivity index (χ0) is 10.1. The molecule has 0 aromatic heterocycles. The van der Waals surface area contributed by atoms with Gasteiger partial charge in [0.15, 0.2) is 0 Å². The Hall–Kier alpha value is 0.140. The predicted octanol–water partition coefficient (Wildman–Crippen LogP) is 3.46. The van der Waals surface area contributed by atoms with Gasteiger partial charge in [0.1, 0.15) is 0 Å². The topological polar surface area (TPSA) is 9.23 Å². The lowest BCUT2D eigenvalue weighted by molar-refractivity contribution is 0.107. The number of hydrogen-bond donors (Lipinski definition) is 0. The van der Waals surface area contributed by atoms with Crippen LogP contribution in [0, 0.1) is 0 Å². The summed E-state index contributed by atoms with van der Waals surface area (Å²) in [6.45, 7) is 7.98. The molecule has 74 valence electrons. The number of rotatable bonds is 7. The number of alkyl halides is 2. The Bertz CT molecular complexity index is 183. The summed E-state index contributed by atoms with van der Waals surface area (Å²) >= 11 is 6.72. The van der Waals surface area contributed by atoms with Crippen LogP contribution in [0.1, 0.15) is 0 Å². The van der Waals surface area contributed by atoms with Crippen LogP contribution in [0.2, 0.25) is 0 Å². The fourth-order valence-electron chi connectivity index (χ4n) is 0.607. The summed E-state index contributed by atoms with van der Waals surface area (Å²) in [6, 6.07) is 0. The molecular weight excluding hydrogens is 296 g/mol. The van der Waals surface area contributed by atoms with Crippen molar-refractivity contribution in [3.8, 4) is 0 Å². The lowest BCUT2D eigenvalue weighted by Crippen LogP contribution is -2.17. The van der Waals surface area contributed by atoms with Gasteiger partial charge >= 0.3 is 0 Å². The van der Waals surface area contributed by atoms with Gasteiger partial charge in [-0.15, -0.1) is 0 Å². The van der Waals surface area contributed by atoms with Crippen molar-refractivity contribution >= 4 is 31.9 Å². The van der Waals surface area contributed by atoms with Crippen molar-refractivity contribution in [1.82, 2.24) is 0 Å². The second-order valence-corrected chi connectivity index (χ2v) is 3.79. The average molecular weight is 310 g/mol. The van der Waals surface area contributed by atoms with Gasteiger partial charge < -0.3 is 4.74 Å². The summed E-state index contributed by atoms with van der Waals surface area (Å²) in [6.07, 6.45) is 5.67. The maximum Gasteiger partial charge on any atom is 0.0773 e. The van der Waals surface area contributed by atoms with Gasteiger partial charge in [0.05, 0.1) is 12.7 Å². The summed E-state index contributed by atoms with van der Waals surface area (Å²) < 4.78 is 5.52. The van der Waals surface area contributed by atoms with E-state index in [1.54, 1.807) is 6.08 Å². The zero-order valence-electron chi connectivity index (χ0n) is 7.51. The van der Waals surface area contributed by atoms with Gasteiger partial charge in [0, 0.05) is 10.7 Å². The van der Waals surface area contributed by atoms with Crippen molar-refractivity contribution in [2.24, 2.45) is 0 Å². The Morgan fingerprint density at radius 2 is 2.00 bits per heavy atom. The Morgan fingerprint density at radius 3 is 2.46 bits per heavy atom. The van der Waals surface area contributed by atoms with Crippen LogP contribution in [0.25, 0.3) is 0 Å². The molecule has 0 saturated heterocycles. The van der Waals surface area contributed by atoms with E-state index in [1.165, 1.54) is 0 Å². The Kier molecular flexibility index (Phi) is 8.82. The van der Waals surface area contributed by atoms with Crippen molar-refractivity contribution in [2.75, 3.05) is 17.3 Å². The third kappa shape index (κ3) is 7.23. The second kappa shape index (κ2) is 8.73. The Morgan fingerprint density at radius 1 is 1.38 bits per heavy atom. The first kappa shape index (κ1) is 13.1. The van der Waals surface area contributed by atoms with Crippen molar-refractivity contribution < 1.29 is 4.74 Å². The summed E-state index contributed by atoms with van der Waals surface area (Å²) in [7, 11) is 0. The molecule has 0 amide bonds. The van der Waals surface area contributed by atoms with Gasteiger partial charge in [0.2, 0.25) is 0 Å². The molecule has 0 spiro atoms. The molecule has 0 rings (SSSR count). The van der Waals surface area contributed by atoms with Gasteiger partial charge in [-0.2, -0.15) is 0 Å². The van der Waals surface area contributed by atoms with Gasteiger partial charge in [-0.25, -0.2) is 0 Å². The van der Waals surface area contributed by atoms with Crippen LogP contribution in [0.3, 0.4) is 0 Å². The molecule has 0 bridgehead atoms. The quantitative estimate of drug-likeness (QED) is 0.517. The first-order valence-electron chi connectivity index (χ1n) is 3.95. The number of allylic oxidation sites excluding steroid dienone is 2. The minimum atomic E-state index is 0.203. The van der Waals surface area contributed by atoms with E-state index in [0.717, 1.165) is 16.2 Å². The lowest BCUT2D eigenvalue weighted by Gasteiger charge is -2.11. The van der Waals surface area contributed by atoms with E-state index in [4.69, 9.17) is 4.74 Å². The molecule has 0 N–H and O–H groups in total. The Balaban J connectivity index is 3.67. The van der Waals surface area contributed by atoms with Crippen molar-refractivity contribution in [3.63, 3.8) is 0 Å². The predicted molar refractivity (Wildman–Crippen MR) is 65.8 cm³/mol. The molecule has 0 fully saturated rings. The van der Waals surface area contributed by atoms with E-state index in [2.05, 4.69) is 45.0 Å². The monoisotopic (exact) mass is 308 g/mol. The molecule has 0 aromatic carbocycles.